The molecule has 3 unspecified atom stereocenters. The van der Waals surface area contributed by atoms with Crippen LogP contribution in [0.25, 0.3) is 0 Å². The van der Waals surface area contributed by atoms with Gasteiger partial charge in [0.15, 0.2) is 5.78 Å². The van der Waals surface area contributed by atoms with Gasteiger partial charge in [0.25, 0.3) is 0 Å². The molecule has 9 heteroatoms. The van der Waals surface area contributed by atoms with E-state index >= 15 is 0 Å². The maximum atomic E-state index is 13.1. The molecule has 178 valence electrons. The lowest BCUT2D eigenvalue weighted by Gasteiger charge is -2.25. The van der Waals surface area contributed by atoms with Crippen LogP contribution in [-0.2, 0) is 25.6 Å². The lowest BCUT2D eigenvalue weighted by Crippen LogP contribution is -2.56. The Hall–Kier alpha value is -2.42. The van der Waals surface area contributed by atoms with Crippen LogP contribution in [0.15, 0.2) is 24.5 Å². The van der Waals surface area contributed by atoms with Crippen molar-refractivity contribution in [2.24, 2.45) is 5.92 Å². The van der Waals surface area contributed by atoms with Gasteiger partial charge in [0.05, 0.1) is 6.04 Å². The summed E-state index contributed by atoms with van der Waals surface area (Å²) in [6.07, 6.45) is 7.11. The molecule has 3 atom stereocenters. The van der Waals surface area contributed by atoms with Crippen molar-refractivity contribution in [2.75, 3.05) is 12.0 Å². The molecule has 0 aliphatic heterocycles. The average Bonchev–Trinajstić information content (AvgIpc) is 2.75. The van der Waals surface area contributed by atoms with Crippen molar-refractivity contribution in [2.45, 2.75) is 71.5 Å². The number of hydrogen-bond donors (Lipinski definition) is 3. The highest BCUT2D eigenvalue weighted by Gasteiger charge is 2.29. The Morgan fingerprint density at radius 2 is 1.50 bits per heavy atom. The Morgan fingerprint density at radius 1 is 0.938 bits per heavy atom. The molecule has 0 fully saturated rings. The van der Waals surface area contributed by atoms with Crippen molar-refractivity contribution in [1.29, 1.82) is 0 Å². The summed E-state index contributed by atoms with van der Waals surface area (Å²) in [4.78, 5) is 54.1. The van der Waals surface area contributed by atoms with Crippen LogP contribution >= 0.6 is 11.8 Å². The maximum Gasteiger partial charge on any atom is 0.243 e. The van der Waals surface area contributed by atoms with Gasteiger partial charge in [-0.1, -0.05) is 27.2 Å². The average molecular weight is 465 g/mol. The van der Waals surface area contributed by atoms with E-state index in [-0.39, 0.29) is 17.6 Å². The van der Waals surface area contributed by atoms with Crippen LogP contribution in [0.4, 0.5) is 0 Å². The minimum atomic E-state index is -0.794. The molecule has 0 aromatic carbocycles. The highest BCUT2D eigenvalue weighted by molar-refractivity contribution is 7.98. The van der Waals surface area contributed by atoms with E-state index in [1.165, 1.54) is 6.92 Å². The van der Waals surface area contributed by atoms with E-state index < -0.39 is 29.9 Å². The third-order valence-corrected chi connectivity index (χ3v) is 5.58. The Balaban J connectivity index is 2.95. The quantitative estimate of drug-likeness (QED) is 0.387. The van der Waals surface area contributed by atoms with E-state index in [1.54, 1.807) is 38.0 Å². The van der Waals surface area contributed by atoms with E-state index in [0.29, 0.717) is 31.4 Å². The zero-order chi connectivity index (χ0) is 24.1. The van der Waals surface area contributed by atoms with E-state index in [4.69, 9.17) is 0 Å². The number of amides is 3. The molecular weight excluding hydrogens is 428 g/mol. The minimum absolute atomic E-state index is 0.0761. The van der Waals surface area contributed by atoms with Crippen molar-refractivity contribution in [1.82, 2.24) is 20.9 Å². The van der Waals surface area contributed by atoms with Crippen LogP contribution in [-0.4, -0.2) is 58.6 Å². The van der Waals surface area contributed by atoms with Crippen molar-refractivity contribution in [3.63, 3.8) is 0 Å². The number of carbonyl (C=O) groups excluding carboxylic acids is 4. The van der Waals surface area contributed by atoms with Gasteiger partial charge < -0.3 is 16.0 Å². The fourth-order valence-electron chi connectivity index (χ4n) is 3.23. The SMILES string of the molecule is CCCC(NC(=O)C(CCSC)NC(C)=O)C(=O)NC(Cc1ccncc1)C(=O)C(C)C. The molecule has 8 nitrogen and oxygen atoms in total. The number of hydrogen-bond acceptors (Lipinski definition) is 6. The predicted molar refractivity (Wildman–Crippen MR) is 127 cm³/mol. The molecular formula is C23H36N4O4S. The zero-order valence-corrected chi connectivity index (χ0v) is 20.5. The Bertz CT molecular complexity index is 758. The van der Waals surface area contributed by atoms with Gasteiger partial charge >= 0.3 is 0 Å². The monoisotopic (exact) mass is 464 g/mol. The highest BCUT2D eigenvalue weighted by Crippen LogP contribution is 2.10. The van der Waals surface area contributed by atoms with Crippen molar-refractivity contribution in [3.05, 3.63) is 30.1 Å². The first-order valence-electron chi connectivity index (χ1n) is 11.0. The Kier molecular flexibility index (Phi) is 12.6. The molecule has 3 amide bonds. The molecule has 1 rings (SSSR count). The summed E-state index contributed by atoms with van der Waals surface area (Å²) in [6.45, 7) is 6.86. The van der Waals surface area contributed by atoms with E-state index in [0.717, 1.165) is 5.56 Å². The first-order chi connectivity index (χ1) is 15.2. The molecule has 3 N–H and O–H groups in total. The molecule has 0 bridgehead atoms. The largest absolute Gasteiger partial charge is 0.345 e. The van der Waals surface area contributed by atoms with Crippen LogP contribution in [0, 0.1) is 5.92 Å². The lowest BCUT2D eigenvalue weighted by atomic mass is 9.95. The second-order valence-corrected chi connectivity index (χ2v) is 9.05. The Labute approximate surface area is 195 Å². The number of carbonyl (C=O) groups is 4. The van der Waals surface area contributed by atoms with Gasteiger partial charge in [-0.05, 0) is 49.0 Å². The van der Waals surface area contributed by atoms with Gasteiger partial charge in [-0.3, -0.25) is 24.2 Å². The molecule has 0 saturated heterocycles. The lowest BCUT2D eigenvalue weighted by molar-refractivity contribution is -0.133. The number of rotatable bonds is 14. The number of thioether (sulfide) groups is 1. The van der Waals surface area contributed by atoms with Gasteiger partial charge in [0.2, 0.25) is 17.7 Å². The summed E-state index contributed by atoms with van der Waals surface area (Å²) in [5, 5.41) is 8.27. The number of nitrogens with zero attached hydrogens (tertiary/aromatic N) is 1. The molecule has 1 aromatic rings. The number of Topliss-reactive ketones (excluding diaryl/α,β-unsaturated/α-hetero) is 1. The minimum Gasteiger partial charge on any atom is -0.345 e. The smallest absolute Gasteiger partial charge is 0.243 e. The fourth-order valence-corrected chi connectivity index (χ4v) is 3.70. The molecule has 0 saturated carbocycles. The highest BCUT2D eigenvalue weighted by atomic mass is 32.2. The van der Waals surface area contributed by atoms with Crippen LogP contribution < -0.4 is 16.0 Å². The number of pyridine rings is 1. The summed E-state index contributed by atoms with van der Waals surface area (Å²) in [5.41, 5.74) is 0.887. The second-order valence-electron chi connectivity index (χ2n) is 8.06. The second kappa shape index (κ2) is 14.6. The number of ketones is 1. The van der Waals surface area contributed by atoms with Gasteiger partial charge in [0, 0.05) is 25.2 Å². The summed E-state index contributed by atoms with van der Waals surface area (Å²) in [5.74, 6) is -0.740. The third kappa shape index (κ3) is 9.80. The van der Waals surface area contributed by atoms with Crippen LogP contribution in [0.3, 0.4) is 0 Å². The fraction of sp³-hybridized carbons (Fsp3) is 0.609. The van der Waals surface area contributed by atoms with E-state index in [2.05, 4.69) is 20.9 Å². The number of aromatic nitrogens is 1. The third-order valence-electron chi connectivity index (χ3n) is 4.93. The van der Waals surface area contributed by atoms with Gasteiger partial charge in [-0.15, -0.1) is 0 Å². The maximum absolute atomic E-state index is 13.1. The first kappa shape index (κ1) is 27.6. The normalized spacial score (nSPS) is 13.7. The zero-order valence-electron chi connectivity index (χ0n) is 19.6. The molecule has 0 aliphatic rings. The van der Waals surface area contributed by atoms with E-state index in [9.17, 15) is 19.2 Å². The molecule has 1 aromatic heterocycles. The molecule has 0 aliphatic carbocycles. The van der Waals surface area contributed by atoms with Gasteiger partial charge in [-0.25, -0.2) is 0 Å². The molecule has 0 radical (unpaired) electrons. The molecule has 32 heavy (non-hydrogen) atoms. The summed E-state index contributed by atoms with van der Waals surface area (Å²) in [7, 11) is 0. The Morgan fingerprint density at radius 3 is 2.00 bits per heavy atom. The summed E-state index contributed by atoms with van der Waals surface area (Å²) >= 11 is 1.57. The van der Waals surface area contributed by atoms with E-state index in [1.807, 2.05) is 25.3 Å². The van der Waals surface area contributed by atoms with Crippen LogP contribution in [0.2, 0.25) is 0 Å². The molecule has 1 heterocycles. The van der Waals surface area contributed by atoms with Crippen molar-refractivity contribution >= 4 is 35.3 Å². The van der Waals surface area contributed by atoms with Gasteiger partial charge in [0.1, 0.15) is 12.1 Å². The van der Waals surface area contributed by atoms with Crippen molar-refractivity contribution < 1.29 is 19.2 Å². The van der Waals surface area contributed by atoms with Crippen LogP contribution in [0.1, 0.15) is 52.5 Å². The van der Waals surface area contributed by atoms with Crippen LogP contribution in [0.5, 0.6) is 0 Å². The number of nitrogens with one attached hydrogen (secondary N) is 3. The topological polar surface area (TPSA) is 117 Å². The predicted octanol–water partition coefficient (Wildman–Crippen LogP) is 1.88. The summed E-state index contributed by atoms with van der Waals surface area (Å²) < 4.78 is 0. The summed E-state index contributed by atoms with van der Waals surface area (Å²) in [6, 6.07) is 1.41. The van der Waals surface area contributed by atoms with Crippen molar-refractivity contribution in [3.8, 4) is 0 Å². The van der Waals surface area contributed by atoms with Gasteiger partial charge in [-0.2, -0.15) is 11.8 Å². The standard InChI is InChI=1S/C23H36N4O4S/c1-6-7-18(26-23(31)19(10-13-32-5)25-16(4)28)22(30)27-20(21(29)15(2)3)14-17-8-11-24-12-9-17/h8-9,11-12,15,18-20H,6-7,10,13-14H2,1-5H3,(H,25,28)(H,26,31)(H,27,30). The molecule has 0 spiro atoms. The first-order valence-corrected chi connectivity index (χ1v) is 12.4.